The molecule has 0 aliphatic rings. The van der Waals surface area contributed by atoms with Gasteiger partial charge in [0.1, 0.15) is 0 Å². The summed E-state index contributed by atoms with van der Waals surface area (Å²) in [7, 11) is 0. The Morgan fingerprint density at radius 3 is 2.83 bits per heavy atom. The van der Waals surface area contributed by atoms with Crippen molar-refractivity contribution in [2.75, 3.05) is 5.32 Å². The van der Waals surface area contributed by atoms with Gasteiger partial charge in [-0.2, -0.15) is 4.68 Å². The maximum atomic E-state index is 5.47. The second-order valence-corrected chi connectivity index (χ2v) is 3.90. The maximum Gasteiger partial charge on any atom is 0.248 e. The van der Waals surface area contributed by atoms with Gasteiger partial charge in [0, 0.05) is 0 Å². The number of tetrazole rings is 1. The van der Waals surface area contributed by atoms with Crippen LogP contribution in [0.25, 0.3) is 5.69 Å². The molecule has 1 unspecified atom stereocenters. The number of anilines is 1. The molecule has 0 fully saturated rings. The molecule has 1 atom stereocenters. The molecule has 0 spiro atoms. The van der Waals surface area contributed by atoms with Crippen LogP contribution in [0, 0.1) is 12.3 Å². The van der Waals surface area contributed by atoms with Gasteiger partial charge in [-0.3, -0.25) is 0 Å². The van der Waals surface area contributed by atoms with E-state index >= 15 is 0 Å². The largest absolute Gasteiger partial charge is 0.339 e. The van der Waals surface area contributed by atoms with Gasteiger partial charge >= 0.3 is 0 Å². The molecule has 0 bridgehead atoms. The first kappa shape index (κ1) is 12.1. The van der Waals surface area contributed by atoms with Crippen molar-refractivity contribution in [1.82, 2.24) is 20.2 Å². The van der Waals surface area contributed by atoms with Crippen LogP contribution in [0.2, 0.25) is 0 Å². The van der Waals surface area contributed by atoms with E-state index in [4.69, 9.17) is 6.42 Å². The predicted molar refractivity (Wildman–Crippen MR) is 70.3 cm³/mol. The number of hydrogen-bond acceptors (Lipinski definition) is 4. The van der Waals surface area contributed by atoms with Crippen LogP contribution < -0.4 is 5.32 Å². The summed E-state index contributed by atoms with van der Waals surface area (Å²) in [5.41, 5.74) is 0.900. The molecule has 0 radical (unpaired) electrons. The van der Waals surface area contributed by atoms with E-state index in [0.717, 1.165) is 18.5 Å². The first-order valence-electron chi connectivity index (χ1n) is 5.91. The minimum Gasteiger partial charge on any atom is -0.339 e. The fourth-order valence-electron chi connectivity index (χ4n) is 1.66. The fourth-order valence-corrected chi connectivity index (χ4v) is 1.66. The zero-order chi connectivity index (χ0) is 12.8. The van der Waals surface area contributed by atoms with Crippen LogP contribution in [0.1, 0.15) is 19.8 Å². The Balaban J connectivity index is 2.21. The molecule has 1 aromatic heterocycles. The zero-order valence-corrected chi connectivity index (χ0v) is 10.2. The lowest BCUT2D eigenvalue weighted by atomic mass is 10.2. The second-order valence-electron chi connectivity index (χ2n) is 3.90. The smallest absolute Gasteiger partial charge is 0.248 e. The third-order valence-electron chi connectivity index (χ3n) is 2.55. The molecular formula is C13H15N5. The van der Waals surface area contributed by atoms with E-state index in [9.17, 15) is 0 Å². The van der Waals surface area contributed by atoms with Gasteiger partial charge in [0.2, 0.25) is 5.95 Å². The summed E-state index contributed by atoms with van der Waals surface area (Å²) in [6, 6.07) is 9.64. The molecule has 0 saturated heterocycles. The molecule has 18 heavy (non-hydrogen) atoms. The number of nitrogens with zero attached hydrogens (tertiary/aromatic N) is 4. The lowest BCUT2D eigenvalue weighted by Crippen LogP contribution is -2.19. The summed E-state index contributed by atoms with van der Waals surface area (Å²) in [4.78, 5) is 0. The minimum absolute atomic E-state index is 0.0523. The minimum atomic E-state index is -0.0523. The molecule has 92 valence electrons. The number of nitrogens with one attached hydrogen (secondary N) is 1. The molecule has 0 amide bonds. The Kier molecular flexibility index (Phi) is 3.92. The first-order valence-corrected chi connectivity index (χ1v) is 5.91. The highest BCUT2D eigenvalue weighted by molar-refractivity contribution is 5.40. The van der Waals surface area contributed by atoms with Crippen molar-refractivity contribution in [2.45, 2.75) is 25.8 Å². The highest BCUT2D eigenvalue weighted by Gasteiger charge is 2.11. The quantitative estimate of drug-likeness (QED) is 0.812. The molecule has 1 heterocycles. The predicted octanol–water partition coefficient (Wildman–Crippen LogP) is 1.88. The topological polar surface area (TPSA) is 55.6 Å². The van der Waals surface area contributed by atoms with Gasteiger partial charge in [-0.1, -0.05) is 42.6 Å². The van der Waals surface area contributed by atoms with E-state index in [1.165, 1.54) is 0 Å². The van der Waals surface area contributed by atoms with E-state index in [0.29, 0.717) is 5.95 Å². The van der Waals surface area contributed by atoms with Crippen LogP contribution in [0.4, 0.5) is 5.95 Å². The van der Waals surface area contributed by atoms with E-state index < -0.39 is 0 Å². The normalized spacial score (nSPS) is 11.8. The Bertz CT molecular complexity index is 526. The monoisotopic (exact) mass is 241 g/mol. The van der Waals surface area contributed by atoms with Gasteiger partial charge in [0.15, 0.2) is 0 Å². The van der Waals surface area contributed by atoms with Crippen LogP contribution in [0.15, 0.2) is 30.3 Å². The number of hydrogen-bond donors (Lipinski definition) is 1. The number of rotatable bonds is 5. The van der Waals surface area contributed by atoms with E-state index in [-0.39, 0.29) is 6.04 Å². The average Bonchev–Trinajstić information content (AvgIpc) is 2.87. The molecule has 0 aliphatic carbocycles. The third kappa shape index (κ3) is 2.66. The van der Waals surface area contributed by atoms with Crippen LogP contribution in [0.3, 0.4) is 0 Å². The van der Waals surface area contributed by atoms with Crippen molar-refractivity contribution >= 4 is 5.95 Å². The van der Waals surface area contributed by atoms with Crippen molar-refractivity contribution in [2.24, 2.45) is 0 Å². The Morgan fingerprint density at radius 1 is 1.39 bits per heavy atom. The highest BCUT2D eigenvalue weighted by Crippen LogP contribution is 2.12. The molecule has 0 saturated carbocycles. The Labute approximate surface area is 106 Å². The van der Waals surface area contributed by atoms with E-state index in [1.807, 2.05) is 30.3 Å². The number of para-hydroxylation sites is 1. The van der Waals surface area contributed by atoms with Gasteiger partial charge in [0.05, 0.1) is 11.7 Å². The standard InChI is InChI=1S/C13H15N5/c1-3-8-11(4-2)14-13-15-16-17-18(13)12-9-6-5-7-10-12/h2,5-7,9-11H,3,8H2,1H3,(H,14,15,17). The second kappa shape index (κ2) is 5.82. The summed E-state index contributed by atoms with van der Waals surface area (Å²) < 4.78 is 1.64. The van der Waals surface area contributed by atoms with Crippen LogP contribution >= 0.6 is 0 Å². The molecule has 1 aromatic carbocycles. The highest BCUT2D eigenvalue weighted by atomic mass is 15.6. The third-order valence-corrected chi connectivity index (χ3v) is 2.55. The average molecular weight is 241 g/mol. The maximum absolute atomic E-state index is 5.47. The van der Waals surface area contributed by atoms with Gasteiger partial charge in [-0.25, -0.2) is 0 Å². The lowest BCUT2D eigenvalue weighted by Gasteiger charge is -2.12. The zero-order valence-electron chi connectivity index (χ0n) is 10.2. The molecule has 2 aromatic rings. The van der Waals surface area contributed by atoms with Crippen molar-refractivity contribution in [1.29, 1.82) is 0 Å². The molecule has 5 heteroatoms. The van der Waals surface area contributed by atoms with Crippen LogP contribution in [-0.2, 0) is 0 Å². The van der Waals surface area contributed by atoms with Crippen molar-refractivity contribution in [3.05, 3.63) is 30.3 Å². The fraction of sp³-hybridized carbons (Fsp3) is 0.308. The molecule has 0 aliphatic heterocycles. The Hall–Kier alpha value is -2.35. The summed E-state index contributed by atoms with van der Waals surface area (Å²) in [5, 5.41) is 14.8. The van der Waals surface area contributed by atoms with E-state index in [2.05, 4.69) is 33.7 Å². The van der Waals surface area contributed by atoms with Crippen LogP contribution in [-0.4, -0.2) is 26.2 Å². The number of aromatic nitrogens is 4. The number of terminal acetylenes is 1. The van der Waals surface area contributed by atoms with Crippen LogP contribution in [0.5, 0.6) is 0 Å². The van der Waals surface area contributed by atoms with Gasteiger partial charge in [0.25, 0.3) is 0 Å². The van der Waals surface area contributed by atoms with Crippen molar-refractivity contribution in [3.8, 4) is 18.0 Å². The van der Waals surface area contributed by atoms with Crippen molar-refractivity contribution < 1.29 is 0 Å². The van der Waals surface area contributed by atoms with Gasteiger partial charge in [-0.05, 0) is 29.0 Å². The summed E-state index contributed by atoms with van der Waals surface area (Å²) in [6.07, 6.45) is 7.37. The van der Waals surface area contributed by atoms with E-state index in [1.54, 1.807) is 4.68 Å². The van der Waals surface area contributed by atoms with Gasteiger partial charge in [-0.15, -0.1) is 6.42 Å². The molecule has 2 rings (SSSR count). The lowest BCUT2D eigenvalue weighted by molar-refractivity contribution is 0.738. The molecular weight excluding hydrogens is 226 g/mol. The SMILES string of the molecule is C#CC(CCC)Nc1nnnn1-c1ccccc1. The Morgan fingerprint density at radius 2 is 2.17 bits per heavy atom. The molecule has 5 nitrogen and oxygen atoms in total. The summed E-state index contributed by atoms with van der Waals surface area (Å²) in [5.74, 6) is 3.27. The molecule has 1 N–H and O–H groups in total. The van der Waals surface area contributed by atoms with Crippen molar-refractivity contribution in [3.63, 3.8) is 0 Å². The van der Waals surface area contributed by atoms with Gasteiger partial charge < -0.3 is 5.32 Å². The number of benzene rings is 1. The summed E-state index contributed by atoms with van der Waals surface area (Å²) >= 11 is 0. The summed E-state index contributed by atoms with van der Waals surface area (Å²) in [6.45, 7) is 2.09. The first-order chi connectivity index (χ1) is 8.85.